The maximum atomic E-state index is 2.00. The summed E-state index contributed by atoms with van der Waals surface area (Å²) in [6.45, 7) is 8.00. The fourth-order valence-corrected chi connectivity index (χ4v) is 0. The van der Waals surface area contributed by atoms with Gasteiger partial charge in [0.25, 0.3) is 0 Å². The van der Waals surface area contributed by atoms with E-state index < -0.39 is 0 Å². The Bertz CT molecular complexity index is 10.5. The average molecular weight is 232 g/mol. The number of halogens is 1. The molecule has 48 valence electrons. The molecular formula is C6H15BrZn. The molecule has 0 radical (unpaired) electrons. The van der Waals surface area contributed by atoms with Gasteiger partial charge in [-0.1, -0.05) is 0 Å². The normalized spacial score (nSPS) is 4.50. The minimum atomic E-state index is 0. The first-order valence-corrected chi connectivity index (χ1v) is 2.31. The summed E-state index contributed by atoms with van der Waals surface area (Å²) in [5.41, 5.74) is 0. The van der Waals surface area contributed by atoms with E-state index in [1.807, 2.05) is 40.5 Å². The molecule has 0 unspecified atom stereocenters. The third kappa shape index (κ3) is 217. The minimum Gasteiger partial charge on any atom is -0.335 e. The molecule has 0 bridgehead atoms. The molecule has 0 aromatic rings. The molecule has 0 heterocycles. The molecule has 0 saturated heterocycles. The predicted molar refractivity (Wildman–Crippen MR) is 41.6 cm³/mol. The van der Waals surface area contributed by atoms with Crippen molar-refractivity contribution in [2.24, 2.45) is 0 Å². The third-order valence-corrected chi connectivity index (χ3v) is 0. The molecule has 2 heteroatoms. The quantitative estimate of drug-likeness (QED) is 0.445. The van der Waals surface area contributed by atoms with Crippen LogP contribution in [0.15, 0.2) is 0 Å². The van der Waals surface area contributed by atoms with Crippen LogP contribution in [-0.2, 0) is 19.5 Å². The maximum absolute atomic E-state index is 2.00. The largest absolute Gasteiger partial charge is 2.00 e. The van der Waals surface area contributed by atoms with E-state index in [1.165, 1.54) is 0 Å². The molecule has 0 aromatic carbocycles. The summed E-state index contributed by atoms with van der Waals surface area (Å²) in [6, 6.07) is 0. The van der Waals surface area contributed by atoms with E-state index in [0.717, 1.165) is 0 Å². The van der Waals surface area contributed by atoms with E-state index in [2.05, 4.69) is 0 Å². The first kappa shape index (κ1) is 23.0. The van der Waals surface area contributed by atoms with E-state index in [0.29, 0.717) is 0 Å². The van der Waals surface area contributed by atoms with E-state index in [9.17, 15) is 0 Å². The molecular weight excluding hydrogens is 217 g/mol. The number of hydrogen-bond donors (Lipinski definition) is 0. The van der Waals surface area contributed by atoms with Gasteiger partial charge in [-0.25, -0.2) is 0 Å². The van der Waals surface area contributed by atoms with Crippen molar-refractivity contribution in [1.82, 2.24) is 0 Å². The molecule has 0 aliphatic rings. The topological polar surface area (TPSA) is 0 Å². The maximum Gasteiger partial charge on any atom is 2.00 e. The van der Waals surface area contributed by atoms with Crippen LogP contribution in [0.4, 0.5) is 0 Å². The van der Waals surface area contributed by atoms with Crippen LogP contribution in [0.3, 0.4) is 0 Å². The van der Waals surface area contributed by atoms with Gasteiger partial charge < -0.3 is 12.8 Å². The van der Waals surface area contributed by atoms with E-state index in [-0.39, 0.29) is 36.5 Å². The Morgan fingerprint density at radius 1 is 0.750 bits per heavy atom. The van der Waals surface area contributed by atoms with Crippen LogP contribution in [0.1, 0.15) is 27.7 Å². The monoisotopic (exact) mass is 230 g/mol. The summed E-state index contributed by atoms with van der Waals surface area (Å²) < 4.78 is 0. The van der Waals surface area contributed by atoms with Gasteiger partial charge in [-0.3, -0.25) is 0 Å². The van der Waals surface area contributed by atoms with Crippen molar-refractivity contribution < 1.29 is 19.5 Å². The van der Waals surface area contributed by atoms with Crippen molar-refractivity contribution in [3.05, 3.63) is 12.8 Å². The molecule has 0 spiro atoms. The van der Waals surface area contributed by atoms with Crippen molar-refractivity contribution in [2.45, 2.75) is 27.7 Å². The van der Waals surface area contributed by atoms with Gasteiger partial charge in [-0.2, -0.15) is 27.7 Å². The second kappa shape index (κ2) is 42.5. The summed E-state index contributed by atoms with van der Waals surface area (Å²) in [5.74, 6) is 0. The zero-order valence-electron chi connectivity index (χ0n) is 6.27. The van der Waals surface area contributed by atoms with Gasteiger partial charge >= 0.3 is 19.5 Å². The second-order valence-electron chi connectivity index (χ2n) is 1.15. The van der Waals surface area contributed by atoms with Crippen LogP contribution in [0, 0.1) is 12.8 Å². The summed E-state index contributed by atoms with van der Waals surface area (Å²) in [6.07, 6.45) is 4.00. The van der Waals surface area contributed by atoms with Crippen LogP contribution in [-0.4, -0.2) is 0 Å². The Balaban J connectivity index is -0.0000000160. The van der Waals surface area contributed by atoms with Crippen LogP contribution in [0.2, 0.25) is 0 Å². The van der Waals surface area contributed by atoms with Crippen LogP contribution in [0.25, 0.3) is 0 Å². The molecule has 0 aromatic heterocycles. The van der Waals surface area contributed by atoms with Crippen molar-refractivity contribution in [1.29, 1.82) is 0 Å². The first-order valence-electron chi connectivity index (χ1n) is 2.31. The number of rotatable bonds is 0. The Morgan fingerprint density at radius 3 is 0.750 bits per heavy atom. The fourth-order valence-electron chi connectivity index (χ4n) is 0. The molecule has 0 aliphatic heterocycles. The molecule has 0 N–H and O–H groups in total. The van der Waals surface area contributed by atoms with Gasteiger partial charge in [0.2, 0.25) is 0 Å². The van der Waals surface area contributed by atoms with Gasteiger partial charge in [0.05, 0.1) is 0 Å². The van der Waals surface area contributed by atoms with Gasteiger partial charge in [0.15, 0.2) is 0 Å². The molecule has 0 amide bonds. The summed E-state index contributed by atoms with van der Waals surface area (Å²) >= 11 is 0. The zero-order chi connectivity index (χ0) is 5.41. The van der Waals surface area contributed by atoms with E-state index in [1.54, 1.807) is 0 Å². The molecule has 0 rings (SSSR count). The average Bonchev–Trinajstić information content (AvgIpc) is 1.39. The first-order chi connectivity index (χ1) is 2.83. The summed E-state index contributed by atoms with van der Waals surface area (Å²) in [5, 5.41) is 0. The summed E-state index contributed by atoms with van der Waals surface area (Å²) in [4.78, 5) is 0. The van der Waals surface area contributed by atoms with Gasteiger partial charge in [0, 0.05) is 0 Å². The van der Waals surface area contributed by atoms with Crippen molar-refractivity contribution in [3.63, 3.8) is 0 Å². The van der Waals surface area contributed by atoms with Crippen LogP contribution >= 0.6 is 17.0 Å². The number of hydrogen-bond acceptors (Lipinski definition) is 0. The zero-order valence-corrected chi connectivity index (χ0v) is 11.0. The molecule has 0 atom stereocenters. The minimum absolute atomic E-state index is 0. The van der Waals surface area contributed by atoms with E-state index in [4.69, 9.17) is 0 Å². The summed E-state index contributed by atoms with van der Waals surface area (Å²) in [7, 11) is 0. The Labute approximate surface area is 77.0 Å². The smallest absolute Gasteiger partial charge is 0.335 e. The standard InChI is InChI=1S/2C3H7.BrH.Zn/c2*1-3-2;;/h2*3H,1-2H3;1H;/q2*-1;;+2. The van der Waals surface area contributed by atoms with Gasteiger partial charge in [0.1, 0.15) is 0 Å². The van der Waals surface area contributed by atoms with Crippen LogP contribution < -0.4 is 0 Å². The van der Waals surface area contributed by atoms with Crippen molar-refractivity contribution >= 4 is 17.0 Å². The van der Waals surface area contributed by atoms with Gasteiger partial charge in [-0.15, -0.1) is 17.0 Å². The van der Waals surface area contributed by atoms with E-state index >= 15 is 0 Å². The SMILES string of the molecule is Br.C[CH-]C.C[CH-]C.[Zn+2]. The van der Waals surface area contributed by atoms with Crippen molar-refractivity contribution in [2.75, 3.05) is 0 Å². The fraction of sp³-hybridized carbons (Fsp3) is 0.667. The molecule has 0 aliphatic carbocycles. The Hall–Kier alpha value is 1.10. The Morgan fingerprint density at radius 2 is 0.750 bits per heavy atom. The predicted octanol–water partition coefficient (Wildman–Crippen LogP) is 3.04. The second-order valence-corrected chi connectivity index (χ2v) is 1.15. The molecule has 0 nitrogen and oxygen atoms in total. The third-order valence-electron chi connectivity index (χ3n) is 0. The molecule has 8 heavy (non-hydrogen) atoms. The Kier molecular flexibility index (Phi) is 122. The van der Waals surface area contributed by atoms with Crippen molar-refractivity contribution in [3.8, 4) is 0 Å². The molecule has 0 saturated carbocycles. The van der Waals surface area contributed by atoms with Crippen LogP contribution in [0.5, 0.6) is 0 Å². The van der Waals surface area contributed by atoms with Gasteiger partial charge in [-0.05, 0) is 0 Å². The molecule has 0 fully saturated rings.